The number of carbonyl (C=O) groups is 3. The molecule has 0 heterocycles. The lowest BCUT2D eigenvalue weighted by atomic mass is 10.1. The second-order valence-corrected chi connectivity index (χ2v) is 6.17. The molecule has 2 aromatic carbocycles. The molecule has 0 spiro atoms. The Bertz CT molecular complexity index is 935. The zero-order chi connectivity index (χ0) is 22.3. The molecule has 2 N–H and O–H groups in total. The number of rotatable bonds is 8. The molecule has 0 fully saturated rings. The normalized spacial score (nSPS) is 11.5. The van der Waals surface area contributed by atoms with Crippen LogP contribution in [-0.2, 0) is 25.7 Å². The third-order valence-electron chi connectivity index (χ3n) is 3.89. The van der Waals surface area contributed by atoms with Gasteiger partial charge in [0.05, 0.1) is 24.4 Å². The first-order valence-electron chi connectivity index (χ1n) is 8.72. The predicted molar refractivity (Wildman–Crippen MR) is 100.0 cm³/mol. The van der Waals surface area contributed by atoms with E-state index in [0.717, 1.165) is 11.6 Å². The second-order valence-electron chi connectivity index (χ2n) is 6.17. The van der Waals surface area contributed by atoms with Crippen LogP contribution < -0.4 is 10.6 Å². The molecule has 0 aliphatic heterocycles. The highest BCUT2D eigenvalue weighted by molar-refractivity contribution is 5.96. The van der Waals surface area contributed by atoms with Crippen molar-refractivity contribution in [2.45, 2.75) is 19.6 Å². The molecule has 7 nitrogen and oxygen atoms in total. The Morgan fingerprint density at radius 1 is 1.00 bits per heavy atom. The van der Waals surface area contributed by atoms with E-state index >= 15 is 0 Å². The van der Waals surface area contributed by atoms with Crippen molar-refractivity contribution in [2.75, 3.05) is 19.0 Å². The van der Waals surface area contributed by atoms with Gasteiger partial charge in [0.2, 0.25) is 5.91 Å². The molecular weight excluding hydrogens is 405 g/mol. The third-order valence-corrected chi connectivity index (χ3v) is 3.89. The molecule has 0 aliphatic carbocycles. The van der Waals surface area contributed by atoms with Crippen LogP contribution in [0.1, 0.15) is 22.8 Å². The Morgan fingerprint density at radius 2 is 1.67 bits per heavy atom. The lowest BCUT2D eigenvalue weighted by Crippen LogP contribution is -2.40. The van der Waals surface area contributed by atoms with Crippen LogP contribution in [-0.4, -0.2) is 37.5 Å². The molecule has 2 aromatic rings. The van der Waals surface area contributed by atoms with Crippen LogP contribution >= 0.6 is 0 Å². The maximum Gasteiger partial charge on any atom is 0.338 e. The number of hydrogen-bond acceptors (Lipinski definition) is 5. The van der Waals surface area contributed by atoms with Crippen molar-refractivity contribution in [2.24, 2.45) is 0 Å². The molecule has 2 rings (SSSR count). The first-order chi connectivity index (χ1) is 14.2. The zero-order valence-corrected chi connectivity index (χ0v) is 16.1. The third kappa shape index (κ3) is 6.05. The smallest absolute Gasteiger partial charge is 0.338 e. The molecule has 0 aliphatic rings. The molecule has 2 amide bonds. The van der Waals surface area contributed by atoms with Crippen LogP contribution in [0.5, 0.6) is 0 Å². The number of esters is 1. The van der Waals surface area contributed by atoms with Gasteiger partial charge in [0, 0.05) is 7.11 Å². The molecule has 0 aromatic heterocycles. The van der Waals surface area contributed by atoms with E-state index in [-0.39, 0.29) is 5.56 Å². The first kappa shape index (κ1) is 22.9. The van der Waals surface area contributed by atoms with Crippen molar-refractivity contribution in [3.05, 3.63) is 65.0 Å². The zero-order valence-electron chi connectivity index (χ0n) is 16.1. The number of benzene rings is 2. The summed E-state index contributed by atoms with van der Waals surface area (Å²) in [5.74, 6) is -7.10. The average Bonchev–Trinajstić information content (AvgIpc) is 2.73. The summed E-state index contributed by atoms with van der Waals surface area (Å²) >= 11 is 0. The number of ether oxygens (including phenoxy) is 2. The van der Waals surface area contributed by atoms with Crippen molar-refractivity contribution in [1.82, 2.24) is 5.32 Å². The Balaban J connectivity index is 1.84. The minimum atomic E-state index is -1.73. The van der Waals surface area contributed by atoms with E-state index in [0.29, 0.717) is 12.7 Å². The standard InChI is InChI=1S/C20H19F3N2O5/c1-11(30-20(28)13-5-3-12(4-6-13)10-29-2)19(27)24-9-16(26)25-15-8-7-14(21)17(22)18(15)23/h3-8,11H,9-10H2,1-2H3,(H,24,27)(H,25,26). The largest absolute Gasteiger partial charge is 0.449 e. The van der Waals surface area contributed by atoms with Gasteiger partial charge in [0.1, 0.15) is 0 Å². The Hall–Kier alpha value is -3.40. The summed E-state index contributed by atoms with van der Waals surface area (Å²) < 4.78 is 49.6. The lowest BCUT2D eigenvalue weighted by Gasteiger charge is -2.14. The topological polar surface area (TPSA) is 93.7 Å². The van der Waals surface area contributed by atoms with Crippen molar-refractivity contribution >= 4 is 23.5 Å². The highest BCUT2D eigenvalue weighted by Gasteiger charge is 2.20. The van der Waals surface area contributed by atoms with E-state index in [9.17, 15) is 27.6 Å². The van der Waals surface area contributed by atoms with Crippen LogP contribution in [0.25, 0.3) is 0 Å². The fraction of sp³-hybridized carbons (Fsp3) is 0.250. The number of carbonyl (C=O) groups excluding carboxylic acids is 3. The monoisotopic (exact) mass is 424 g/mol. The van der Waals surface area contributed by atoms with Crippen LogP contribution in [0.15, 0.2) is 36.4 Å². The van der Waals surface area contributed by atoms with Gasteiger partial charge in [-0.3, -0.25) is 9.59 Å². The van der Waals surface area contributed by atoms with E-state index in [1.54, 1.807) is 12.1 Å². The maximum absolute atomic E-state index is 13.5. The number of methoxy groups -OCH3 is 1. The summed E-state index contributed by atoms with van der Waals surface area (Å²) in [5, 5.41) is 4.20. The van der Waals surface area contributed by atoms with Crippen LogP contribution in [0.4, 0.5) is 18.9 Å². The van der Waals surface area contributed by atoms with E-state index in [2.05, 4.69) is 5.32 Å². The minimum Gasteiger partial charge on any atom is -0.449 e. The molecule has 0 radical (unpaired) electrons. The van der Waals surface area contributed by atoms with Gasteiger partial charge in [0.25, 0.3) is 5.91 Å². The molecular formula is C20H19F3N2O5. The first-order valence-corrected chi connectivity index (χ1v) is 8.72. The van der Waals surface area contributed by atoms with E-state index in [1.807, 2.05) is 5.32 Å². The Labute approximate surface area is 170 Å². The van der Waals surface area contributed by atoms with Gasteiger partial charge in [-0.1, -0.05) is 12.1 Å². The van der Waals surface area contributed by atoms with Crippen molar-refractivity contribution in [3.63, 3.8) is 0 Å². The summed E-state index contributed by atoms with van der Waals surface area (Å²) in [4.78, 5) is 35.9. The Morgan fingerprint density at radius 3 is 2.30 bits per heavy atom. The maximum atomic E-state index is 13.5. The highest BCUT2D eigenvalue weighted by Crippen LogP contribution is 2.19. The van der Waals surface area contributed by atoms with Gasteiger partial charge in [-0.2, -0.15) is 0 Å². The Kier molecular flexibility index (Phi) is 7.93. The van der Waals surface area contributed by atoms with E-state index in [4.69, 9.17) is 9.47 Å². The molecule has 10 heteroatoms. The number of amides is 2. The van der Waals surface area contributed by atoms with Crippen molar-refractivity contribution in [3.8, 4) is 0 Å². The SMILES string of the molecule is COCc1ccc(C(=O)OC(C)C(=O)NCC(=O)Nc2ccc(F)c(F)c2F)cc1. The van der Waals surface area contributed by atoms with Crippen LogP contribution in [0, 0.1) is 17.5 Å². The molecule has 1 atom stereocenters. The number of nitrogens with one attached hydrogen (secondary N) is 2. The summed E-state index contributed by atoms with van der Waals surface area (Å²) in [7, 11) is 1.54. The molecule has 0 saturated carbocycles. The fourth-order valence-corrected chi connectivity index (χ4v) is 2.31. The molecule has 0 saturated heterocycles. The minimum absolute atomic E-state index is 0.223. The molecule has 1 unspecified atom stereocenters. The lowest BCUT2D eigenvalue weighted by molar-refractivity contribution is -0.130. The average molecular weight is 424 g/mol. The number of hydrogen-bond donors (Lipinski definition) is 2. The van der Waals surface area contributed by atoms with Crippen molar-refractivity contribution < 1.29 is 37.0 Å². The molecule has 30 heavy (non-hydrogen) atoms. The predicted octanol–water partition coefficient (Wildman–Crippen LogP) is 2.55. The molecule has 0 bridgehead atoms. The van der Waals surface area contributed by atoms with E-state index in [1.165, 1.54) is 26.2 Å². The number of anilines is 1. The molecule has 160 valence electrons. The quantitative estimate of drug-likeness (QED) is 0.502. The summed E-state index contributed by atoms with van der Waals surface area (Å²) in [6.45, 7) is 1.08. The van der Waals surface area contributed by atoms with Gasteiger partial charge in [-0.25, -0.2) is 18.0 Å². The van der Waals surface area contributed by atoms with Gasteiger partial charge in [-0.05, 0) is 36.8 Å². The van der Waals surface area contributed by atoms with Crippen molar-refractivity contribution in [1.29, 1.82) is 0 Å². The van der Waals surface area contributed by atoms with Gasteiger partial charge in [-0.15, -0.1) is 0 Å². The fourth-order valence-electron chi connectivity index (χ4n) is 2.31. The van der Waals surface area contributed by atoms with Gasteiger partial charge >= 0.3 is 5.97 Å². The number of halogens is 3. The van der Waals surface area contributed by atoms with Gasteiger partial charge in [0.15, 0.2) is 23.6 Å². The van der Waals surface area contributed by atoms with Gasteiger partial charge < -0.3 is 20.1 Å². The highest BCUT2D eigenvalue weighted by atomic mass is 19.2. The summed E-state index contributed by atoms with van der Waals surface area (Å²) in [6.07, 6.45) is -1.22. The summed E-state index contributed by atoms with van der Waals surface area (Å²) in [6, 6.07) is 7.88. The van der Waals surface area contributed by atoms with Crippen LogP contribution in [0.3, 0.4) is 0 Å². The van der Waals surface area contributed by atoms with E-state index < -0.39 is 53.6 Å². The van der Waals surface area contributed by atoms with Crippen LogP contribution in [0.2, 0.25) is 0 Å². The summed E-state index contributed by atoms with van der Waals surface area (Å²) in [5.41, 5.74) is 0.494. The second kappa shape index (κ2) is 10.4.